The van der Waals surface area contributed by atoms with Crippen molar-refractivity contribution in [1.82, 2.24) is 14.8 Å². The Morgan fingerprint density at radius 3 is 2.28 bits per heavy atom. The van der Waals surface area contributed by atoms with Crippen LogP contribution >= 0.6 is 0 Å². The minimum Gasteiger partial charge on any atom is -0.372 e. The quantitative estimate of drug-likeness (QED) is 0.763. The van der Waals surface area contributed by atoms with Crippen LogP contribution in [0.5, 0.6) is 0 Å². The van der Waals surface area contributed by atoms with Gasteiger partial charge in [-0.15, -0.1) is 5.10 Å². The van der Waals surface area contributed by atoms with Crippen molar-refractivity contribution >= 4 is 23.3 Å². The van der Waals surface area contributed by atoms with Gasteiger partial charge in [-0.1, -0.05) is 18.2 Å². The number of aromatic nitrogens is 3. The number of piperidine rings is 1. The van der Waals surface area contributed by atoms with E-state index in [0.717, 1.165) is 24.5 Å². The largest absolute Gasteiger partial charge is 0.372 e. The fraction of sp³-hybridized carbons (Fsp3) is 0.263. The van der Waals surface area contributed by atoms with Crippen molar-refractivity contribution in [1.29, 1.82) is 0 Å². The Morgan fingerprint density at radius 2 is 1.56 bits per heavy atom. The number of benzene rings is 2. The zero-order valence-corrected chi connectivity index (χ0v) is 14.1. The van der Waals surface area contributed by atoms with Gasteiger partial charge in [0, 0.05) is 24.5 Å². The van der Waals surface area contributed by atoms with Crippen LogP contribution in [0.1, 0.15) is 19.3 Å². The van der Waals surface area contributed by atoms with Gasteiger partial charge in [0.05, 0.1) is 5.69 Å². The van der Waals surface area contributed by atoms with E-state index in [1.54, 1.807) is 4.68 Å². The first kappa shape index (κ1) is 15.5. The van der Waals surface area contributed by atoms with Crippen LogP contribution in [0.2, 0.25) is 0 Å². The van der Waals surface area contributed by atoms with Gasteiger partial charge in [0.1, 0.15) is 0 Å². The highest BCUT2D eigenvalue weighted by molar-refractivity contribution is 5.60. The maximum atomic E-state index is 5.99. The average molecular weight is 334 g/mol. The summed E-state index contributed by atoms with van der Waals surface area (Å²) in [5.74, 6) is 0.853. The molecule has 0 amide bonds. The van der Waals surface area contributed by atoms with Gasteiger partial charge in [0.25, 0.3) is 0 Å². The van der Waals surface area contributed by atoms with E-state index >= 15 is 0 Å². The fourth-order valence-electron chi connectivity index (χ4n) is 3.17. The fourth-order valence-corrected chi connectivity index (χ4v) is 3.17. The predicted molar refractivity (Wildman–Crippen MR) is 102 cm³/mol. The Kier molecular flexibility index (Phi) is 4.24. The predicted octanol–water partition coefficient (Wildman–Crippen LogP) is 3.58. The third-order valence-electron chi connectivity index (χ3n) is 4.48. The van der Waals surface area contributed by atoms with Gasteiger partial charge >= 0.3 is 0 Å². The maximum Gasteiger partial charge on any atom is 0.248 e. The van der Waals surface area contributed by atoms with Gasteiger partial charge in [-0.3, -0.25) is 0 Å². The lowest BCUT2D eigenvalue weighted by molar-refractivity contribution is 0.578. The standard InChI is InChI=1S/C19H22N6/c20-18-22-19(23-25(18)17-7-3-1-4-8-17)21-15-9-11-16(12-10-15)24-13-5-2-6-14-24/h1,3-4,7-12H,2,5-6,13-14H2,(H3,20,21,22,23). The summed E-state index contributed by atoms with van der Waals surface area (Å²) < 4.78 is 1.63. The van der Waals surface area contributed by atoms with E-state index in [2.05, 4.69) is 44.6 Å². The van der Waals surface area contributed by atoms with Crippen LogP contribution < -0.4 is 16.0 Å². The van der Waals surface area contributed by atoms with E-state index in [9.17, 15) is 0 Å². The molecule has 3 N–H and O–H groups in total. The summed E-state index contributed by atoms with van der Waals surface area (Å²) in [4.78, 5) is 6.74. The first-order valence-electron chi connectivity index (χ1n) is 8.69. The summed E-state index contributed by atoms with van der Waals surface area (Å²) in [6.45, 7) is 2.29. The van der Waals surface area contributed by atoms with Crippen molar-refractivity contribution in [2.24, 2.45) is 0 Å². The lowest BCUT2D eigenvalue weighted by Crippen LogP contribution is -2.29. The minimum absolute atomic E-state index is 0.360. The molecule has 0 bridgehead atoms. The molecule has 6 nitrogen and oxygen atoms in total. The molecule has 6 heteroatoms. The zero-order chi connectivity index (χ0) is 17.1. The molecule has 2 aromatic carbocycles. The van der Waals surface area contributed by atoms with Gasteiger partial charge in [-0.2, -0.15) is 9.67 Å². The molecular weight excluding hydrogens is 312 g/mol. The summed E-state index contributed by atoms with van der Waals surface area (Å²) in [6.07, 6.45) is 3.90. The second-order valence-electron chi connectivity index (χ2n) is 6.26. The molecule has 0 radical (unpaired) electrons. The van der Waals surface area contributed by atoms with E-state index in [0.29, 0.717) is 11.9 Å². The Labute approximate surface area is 147 Å². The number of nitrogens with zero attached hydrogens (tertiary/aromatic N) is 4. The number of anilines is 4. The number of nitrogen functional groups attached to an aromatic ring is 1. The van der Waals surface area contributed by atoms with Crippen molar-refractivity contribution < 1.29 is 0 Å². The van der Waals surface area contributed by atoms with Gasteiger partial charge in [-0.25, -0.2) is 0 Å². The molecule has 1 aliphatic rings. The second-order valence-corrected chi connectivity index (χ2v) is 6.26. The monoisotopic (exact) mass is 334 g/mol. The molecule has 1 fully saturated rings. The Balaban J connectivity index is 1.49. The van der Waals surface area contributed by atoms with Crippen molar-refractivity contribution in [3.8, 4) is 5.69 Å². The third kappa shape index (κ3) is 3.42. The van der Waals surface area contributed by atoms with Crippen LogP contribution in [0, 0.1) is 0 Å². The van der Waals surface area contributed by atoms with Crippen molar-refractivity contribution in [3.63, 3.8) is 0 Å². The Morgan fingerprint density at radius 1 is 0.840 bits per heavy atom. The second kappa shape index (κ2) is 6.84. The number of rotatable bonds is 4. The molecule has 1 saturated heterocycles. The highest BCUT2D eigenvalue weighted by Crippen LogP contribution is 2.23. The number of nitrogens with two attached hydrogens (primary N) is 1. The third-order valence-corrected chi connectivity index (χ3v) is 4.48. The average Bonchev–Trinajstić information content (AvgIpc) is 3.04. The summed E-state index contributed by atoms with van der Waals surface area (Å²) in [5.41, 5.74) is 9.10. The first-order valence-corrected chi connectivity index (χ1v) is 8.69. The van der Waals surface area contributed by atoms with Crippen LogP contribution in [0.15, 0.2) is 54.6 Å². The van der Waals surface area contributed by atoms with E-state index in [-0.39, 0.29) is 0 Å². The van der Waals surface area contributed by atoms with E-state index in [1.165, 1.54) is 24.9 Å². The van der Waals surface area contributed by atoms with E-state index in [4.69, 9.17) is 5.73 Å². The van der Waals surface area contributed by atoms with Crippen molar-refractivity contribution in [2.45, 2.75) is 19.3 Å². The minimum atomic E-state index is 0.360. The topological polar surface area (TPSA) is 72.0 Å². The molecule has 25 heavy (non-hydrogen) atoms. The molecule has 0 spiro atoms. The van der Waals surface area contributed by atoms with Crippen LogP contribution in [0.3, 0.4) is 0 Å². The van der Waals surface area contributed by atoms with Gasteiger partial charge < -0.3 is 16.0 Å². The van der Waals surface area contributed by atoms with Crippen LogP contribution in [-0.4, -0.2) is 27.9 Å². The Hall–Kier alpha value is -3.02. The highest BCUT2D eigenvalue weighted by Gasteiger charge is 2.12. The van der Waals surface area contributed by atoms with Gasteiger partial charge in [0.2, 0.25) is 11.9 Å². The molecule has 0 saturated carbocycles. The van der Waals surface area contributed by atoms with E-state index in [1.807, 2.05) is 30.3 Å². The number of para-hydroxylation sites is 1. The summed E-state index contributed by atoms with van der Waals surface area (Å²) in [7, 11) is 0. The van der Waals surface area contributed by atoms with Crippen LogP contribution in [0.25, 0.3) is 5.69 Å². The maximum absolute atomic E-state index is 5.99. The Bertz CT molecular complexity index is 819. The molecule has 1 aliphatic heterocycles. The summed E-state index contributed by atoms with van der Waals surface area (Å²) >= 11 is 0. The normalized spacial score (nSPS) is 14.5. The molecule has 4 rings (SSSR count). The molecule has 0 aliphatic carbocycles. The zero-order valence-electron chi connectivity index (χ0n) is 14.1. The summed E-state index contributed by atoms with van der Waals surface area (Å²) in [5, 5.41) is 7.67. The lowest BCUT2D eigenvalue weighted by Gasteiger charge is -2.28. The van der Waals surface area contributed by atoms with Crippen molar-refractivity contribution in [2.75, 3.05) is 29.0 Å². The smallest absolute Gasteiger partial charge is 0.248 e. The molecule has 1 aromatic heterocycles. The molecular formula is C19H22N6. The number of hydrogen-bond acceptors (Lipinski definition) is 5. The summed E-state index contributed by atoms with van der Waals surface area (Å²) in [6, 6.07) is 18.2. The molecule has 0 unspecified atom stereocenters. The van der Waals surface area contributed by atoms with Gasteiger partial charge in [-0.05, 0) is 55.7 Å². The van der Waals surface area contributed by atoms with Crippen molar-refractivity contribution in [3.05, 3.63) is 54.6 Å². The van der Waals surface area contributed by atoms with Crippen LogP contribution in [0.4, 0.5) is 23.3 Å². The number of nitrogens with one attached hydrogen (secondary N) is 1. The number of hydrogen-bond donors (Lipinski definition) is 2. The molecule has 3 aromatic rings. The van der Waals surface area contributed by atoms with Gasteiger partial charge in [0.15, 0.2) is 0 Å². The SMILES string of the molecule is Nc1nc(Nc2ccc(N3CCCCC3)cc2)nn1-c1ccccc1. The van der Waals surface area contributed by atoms with E-state index < -0.39 is 0 Å². The molecule has 128 valence electrons. The van der Waals surface area contributed by atoms with Crippen LogP contribution in [-0.2, 0) is 0 Å². The lowest BCUT2D eigenvalue weighted by atomic mass is 10.1. The highest BCUT2D eigenvalue weighted by atomic mass is 15.4. The molecule has 2 heterocycles. The first-order chi connectivity index (χ1) is 12.3. The molecule has 0 atom stereocenters.